The van der Waals surface area contributed by atoms with Gasteiger partial charge in [-0.05, 0) is 18.4 Å². The number of ether oxygens (including phenoxy) is 1. The molecule has 2 amide bonds. The number of amides is 2. The molecule has 0 aromatic heterocycles. The second-order valence-corrected chi connectivity index (χ2v) is 7.85. The summed E-state index contributed by atoms with van der Waals surface area (Å²) < 4.78 is 27.9. The molecule has 2 atom stereocenters. The van der Waals surface area contributed by atoms with E-state index >= 15 is 0 Å². The second-order valence-electron chi connectivity index (χ2n) is 5.62. The first-order chi connectivity index (χ1) is 10.9. The van der Waals surface area contributed by atoms with Gasteiger partial charge in [-0.15, -0.1) is 0 Å². The van der Waals surface area contributed by atoms with Crippen molar-refractivity contribution in [3.63, 3.8) is 0 Å². The van der Waals surface area contributed by atoms with Crippen LogP contribution in [0.1, 0.15) is 18.1 Å². The lowest BCUT2D eigenvalue weighted by Crippen LogP contribution is -2.40. The average Bonchev–Trinajstić information content (AvgIpc) is 2.89. The van der Waals surface area contributed by atoms with Crippen LogP contribution < -0.4 is 15.4 Å². The Kier molecular flexibility index (Phi) is 5.84. The lowest BCUT2D eigenvalue weighted by molar-refractivity contribution is 0.169. The summed E-state index contributed by atoms with van der Waals surface area (Å²) >= 11 is 0. The number of methoxy groups -OCH3 is 1. The van der Waals surface area contributed by atoms with Crippen LogP contribution in [-0.4, -0.2) is 51.3 Å². The molecule has 1 fully saturated rings. The molecule has 0 saturated carbocycles. The van der Waals surface area contributed by atoms with Crippen molar-refractivity contribution in [1.82, 2.24) is 10.6 Å². The maximum atomic E-state index is 11.7. The van der Waals surface area contributed by atoms with Crippen LogP contribution >= 0.6 is 0 Å². The molecule has 1 saturated heterocycles. The number of nitrogens with one attached hydrogen (secondary N) is 2. The first kappa shape index (κ1) is 17.6. The van der Waals surface area contributed by atoms with Crippen molar-refractivity contribution in [1.29, 1.82) is 0 Å². The van der Waals surface area contributed by atoms with E-state index in [2.05, 4.69) is 10.6 Å². The molecule has 128 valence electrons. The van der Waals surface area contributed by atoms with Gasteiger partial charge in [0.05, 0.1) is 24.7 Å². The molecule has 0 spiro atoms. The van der Waals surface area contributed by atoms with Gasteiger partial charge < -0.3 is 20.5 Å². The van der Waals surface area contributed by atoms with Crippen molar-refractivity contribution in [3.8, 4) is 5.75 Å². The van der Waals surface area contributed by atoms with Crippen molar-refractivity contribution < 1.29 is 23.1 Å². The third kappa shape index (κ3) is 5.11. The van der Waals surface area contributed by atoms with Crippen LogP contribution in [-0.2, 0) is 9.84 Å². The Morgan fingerprint density at radius 2 is 2.13 bits per heavy atom. The number of rotatable bonds is 6. The summed E-state index contributed by atoms with van der Waals surface area (Å²) in [7, 11) is -1.42. The summed E-state index contributed by atoms with van der Waals surface area (Å²) in [4.78, 5) is 11.7. The molecule has 8 heteroatoms. The number of benzene rings is 1. The third-order valence-corrected chi connectivity index (χ3v) is 5.67. The van der Waals surface area contributed by atoms with Crippen LogP contribution in [0.5, 0.6) is 5.75 Å². The van der Waals surface area contributed by atoms with Gasteiger partial charge in [-0.3, -0.25) is 0 Å². The maximum Gasteiger partial charge on any atom is 0.314 e. The van der Waals surface area contributed by atoms with Gasteiger partial charge in [0.25, 0.3) is 0 Å². The number of sulfone groups is 1. The fraction of sp³-hybridized carbons (Fsp3) is 0.533. The standard InChI is InChI=1S/C15H22N2O5S/c1-22-14-5-3-2-4-12(14)13(18)9-17-15(19)16-8-11-6-7-23(20,21)10-11/h2-5,11,13,18H,6-10H2,1H3,(H2,16,17,19)/t11-,13+/m0/s1. The number of hydrogen-bond acceptors (Lipinski definition) is 5. The lowest BCUT2D eigenvalue weighted by atomic mass is 10.1. The van der Waals surface area contributed by atoms with E-state index in [1.807, 2.05) is 0 Å². The Bertz CT molecular complexity index is 647. The van der Waals surface area contributed by atoms with E-state index in [1.165, 1.54) is 7.11 Å². The number of aliphatic hydroxyl groups is 1. The van der Waals surface area contributed by atoms with Crippen molar-refractivity contribution in [3.05, 3.63) is 29.8 Å². The topological polar surface area (TPSA) is 105 Å². The van der Waals surface area contributed by atoms with Gasteiger partial charge >= 0.3 is 6.03 Å². The maximum absolute atomic E-state index is 11.7. The molecule has 0 radical (unpaired) electrons. The molecule has 1 aliphatic heterocycles. The van der Waals surface area contributed by atoms with E-state index in [0.717, 1.165) is 0 Å². The van der Waals surface area contributed by atoms with Crippen molar-refractivity contribution in [2.75, 3.05) is 31.7 Å². The fourth-order valence-electron chi connectivity index (χ4n) is 2.57. The van der Waals surface area contributed by atoms with Gasteiger partial charge in [0.1, 0.15) is 5.75 Å². The highest BCUT2D eigenvalue weighted by molar-refractivity contribution is 7.91. The van der Waals surface area contributed by atoms with Crippen LogP contribution in [0.2, 0.25) is 0 Å². The van der Waals surface area contributed by atoms with E-state index in [0.29, 0.717) is 24.3 Å². The van der Waals surface area contributed by atoms with E-state index in [-0.39, 0.29) is 24.0 Å². The minimum absolute atomic E-state index is 0.0369. The quantitative estimate of drug-likeness (QED) is 0.697. The van der Waals surface area contributed by atoms with Crippen molar-refractivity contribution in [2.24, 2.45) is 5.92 Å². The Hall–Kier alpha value is -1.80. The highest BCUT2D eigenvalue weighted by atomic mass is 32.2. The molecular weight excluding hydrogens is 320 g/mol. The van der Waals surface area contributed by atoms with Gasteiger partial charge in [0.2, 0.25) is 0 Å². The third-order valence-electron chi connectivity index (χ3n) is 3.83. The zero-order chi connectivity index (χ0) is 16.9. The molecule has 1 aliphatic rings. The Labute approximate surface area is 136 Å². The first-order valence-electron chi connectivity index (χ1n) is 7.44. The zero-order valence-corrected chi connectivity index (χ0v) is 13.8. The molecule has 1 aromatic carbocycles. The molecule has 1 aromatic rings. The van der Waals surface area contributed by atoms with E-state index in [9.17, 15) is 18.3 Å². The number of hydrogen-bond donors (Lipinski definition) is 3. The first-order valence-corrected chi connectivity index (χ1v) is 9.26. The van der Waals surface area contributed by atoms with Crippen molar-refractivity contribution >= 4 is 15.9 Å². The summed E-state index contributed by atoms with van der Waals surface area (Å²) in [5.74, 6) is 0.827. The highest BCUT2D eigenvalue weighted by Gasteiger charge is 2.27. The van der Waals surface area contributed by atoms with Crippen LogP contribution in [0.4, 0.5) is 4.79 Å². The predicted octanol–water partition coefficient (Wildman–Crippen LogP) is 0.463. The summed E-state index contributed by atoms with van der Waals surface area (Å²) in [6, 6.07) is 6.61. The average molecular weight is 342 g/mol. The van der Waals surface area contributed by atoms with Gasteiger partial charge in [-0.25, -0.2) is 13.2 Å². The summed E-state index contributed by atoms with van der Waals surface area (Å²) in [5, 5.41) is 15.3. The molecule has 3 N–H and O–H groups in total. The minimum Gasteiger partial charge on any atom is -0.496 e. The van der Waals surface area contributed by atoms with E-state index in [4.69, 9.17) is 4.74 Å². The number of para-hydroxylation sites is 1. The van der Waals surface area contributed by atoms with Crippen LogP contribution in [0.25, 0.3) is 0 Å². The van der Waals surface area contributed by atoms with Gasteiger partial charge in [-0.2, -0.15) is 0 Å². The fourth-order valence-corrected chi connectivity index (χ4v) is 4.44. The molecule has 0 bridgehead atoms. The number of carbonyl (C=O) groups excluding carboxylic acids is 1. The van der Waals surface area contributed by atoms with E-state index < -0.39 is 22.0 Å². The van der Waals surface area contributed by atoms with Gasteiger partial charge in [0.15, 0.2) is 9.84 Å². The molecule has 2 rings (SSSR count). The van der Waals surface area contributed by atoms with Crippen LogP contribution in [0.3, 0.4) is 0 Å². The monoisotopic (exact) mass is 342 g/mol. The summed E-state index contributed by atoms with van der Waals surface area (Å²) in [5.41, 5.74) is 0.595. The highest BCUT2D eigenvalue weighted by Crippen LogP contribution is 2.24. The van der Waals surface area contributed by atoms with Gasteiger partial charge in [0, 0.05) is 18.7 Å². The molecule has 1 heterocycles. The second kappa shape index (κ2) is 7.65. The van der Waals surface area contributed by atoms with E-state index in [1.54, 1.807) is 24.3 Å². The number of aliphatic hydroxyl groups excluding tert-OH is 1. The lowest BCUT2D eigenvalue weighted by Gasteiger charge is -2.16. The summed E-state index contributed by atoms with van der Waals surface area (Å²) in [6.45, 7) is 0.352. The Balaban J connectivity index is 1.76. The molecule has 0 unspecified atom stereocenters. The normalized spacial score (nSPS) is 20.7. The smallest absolute Gasteiger partial charge is 0.314 e. The van der Waals surface area contributed by atoms with Crippen LogP contribution in [0.15, 0.2) is 24.3 Å². The Morgan fingerprint density at radius 3 is 2.78 bits per heavy atom. The minimum atomic E-state index is -2.94. The number of urea groups is 1. The largest absolute Gasteiger partial charge is 0.496 e. The molecule has 0 aliphatic carbocycles. The van der Waals surface area contributed by atoms with Gasteiger partial charge in [-0.1, -0.05) is 18.2 Å². The van der Waals surface area contributed by atoms with Crippen molar-refractivity contribution in [2.45, 2.75) is 12.5 Å². The van der Waals surface area contributed by atoms with Crippen LogP contribution in [0, 0.1) is 5.92 Å². The molecule has 23 heavy (non-hydrogen) atoms. The summed E-state index contributed by atoms with van der Waals surface area (Å²) in [6.07, 6.45) is -0.310. The molecule has 7 nitrogen and oxygen atoms in total. The zero-order valence-electron chi connectivity index (χ0n) is 13.0. The Morgan fingerprint density at radius 1 is 1.39 bits per heavy atom. The number of carbonyl (C=O) groups is 1. The molecular formula is C15H22N2O5S. The SMILES string of the molecule is COc1ccccc1[C@H](O)CNC(=O)NC[C@@H]1CCS(=O)(=O)C1. The predicted molar refractivity (Wildman–Crippen MR) is 86.1 cm³/mol.